The highest BCUT2D eigenvalue weighted by molar-refractivity contribution is 7.12. The van der Waals surface area contributed by atoms with E-state index in [2.05, 4.69) is 35.4 Å². The predicted octanol–water partition coefficient (Wildman–Crippen LogP) is 2.89. The quantitative estimate of drug-likeness (QED) is 0.894. The van der Waals surface area contributed by atoms with Crippen LogP contribution in [0.15, 0.2) is 12.1 Å². The lowest BCUT2D eigenvalue weighted by Gasteiger charge is -2.12. The molecule has 2 N–H and O–H groups in total. The molecule has 0 bridgehead atoms. The lowest BCUT2D eigenvalue weighted by molar-refractivity contribution is 0.0935. The SMILES string of the molecule is Cc1cc(C(=O)NC(C)c2cc(C)sc2C)n[nH]1. The van der Waals surface area contributed by atoms with Gasteiger partial charge in [0.1, 0.15) is 5.69 Å². The Hall–Kier alpha value is -1.62. The molecule has 0 aromatic carbocycles. The molecule has 2 aromatic heterocycles. The summed E-state index contributed by atoms with van der Waals surface area (Å²) in [4.78, 5) is 14.5. The summed E-state index contributed by atoms with van der Waals surface area (Å²) in [6.45, 7) is 8.02. The summed E-state index contributed by atoms with van der Waals surface area (Å²) in [5, 5.41) is 9.69. The Bertz CT molecular complexity index is 571. The number of rotatable bonds is 3. The maximum atomic E-state index is 12.0. The first-order chi connectivity index (χ1) is 8.47. The molecule has 0 radical (unpaired) electrons. The zero-order valence-electron chi connectivity index (χ0n) is 11.0. The number of aryl methyl sites for hydroxylation is 3. The smallest absolute Gasteiger partial charge is 0.272 e. The first-order valence-corrected chi connectivity index (χ1v) is 6.69. The molecule has 0 aliphatic heterocycles. The summed E-state index contributed by atoms with van der Waals surface area (Å²) in [5.41, 5.74) is 2.50. The van der Waals surface area contributed by atoms with Crippen molar-refractivity contribution in [2.75, 3.05) is 0 Å². The number of carbonyl (C=O) groups excluding carboxylic acids is 1. The van der Waals surface area contributed by atoms with Crippen LogP contribution < -0.4 is 5.32 Å². The summed E-state index contributed by atoms with van der Waals surface area (Å²) >= 11 is 1.75. The first-order valence-electron chi connectivity index (χ1n) is 5.87. The summed E-state index contributed by atoms with van der Waals surface area (Å²) in [5.74, 6) is -0.143. The van der Waals surface area contributed by atoms with Crippen molar-refractivity contribution < 1.29 is 4.79 Å². The van der Waals surface area contributed by atoms with E-state index >= 15 is 0 Å². The van der Waals surface area contributed by atoms with Crippen molar-refractivity contribution in [1.29, 1.82) is 0 Å². The molecule has 2 heterocycles. The van der Waals surface area contributed by atoms with Gasteiger partial charge in [0, 0.05) is 15.4 Å². The summed E-state index contributed by atoms with van der Waals surface area (Å²) in [6, 6.07) is 3.87. The minimum absolute atomic E-state index is 0.000504. The number of hydrogen-bond donors (Lipinski definition) is 2. The van der Waals surface area contributed by atoms with Crippen molar-refractivity contribution in [1.82, 2.24) is 15.5 Å². The minimum atomic E-state index is -0.143. The molecule has 0 fully saturated rings. The van der Waals surface area contributed by atoms with Crippen LogP contribution in [0.3, 0.4) is 0 Å². The largest absolute Gasteiger partial charge is 0.344 e. The standard InChI is InChI=1S/C13H17N3OS/c1-7-5-12(16-15-7)13(17)14-9(3)11-6-8(2)18-10(11)4/h5-6,9H,1-4H3,(H,14,17)(H,15,16). The molecule has 1 unspecified atom stereocenters. The molecule has 0 aliphatic rings. The van der Waals surface area contributed by atoms with Crippen molar-refractivity contribution in [2.24, 2.45) is 0 Å². The number of aromatic nitrogens is 2. The van der Waals surface area contributed by atoms with Crippen LogP contribution in [0.2, 0.25) is 0 Å². The van der Waals surface area contributed by atoms with Gasteiger partial charge in [-0.2, -0.15) is 5.10 Å². The number of aromatic amines is 1. The van der Waals surface area contributed by atoms with E-state index in [1.165, 1.54) is 15.3 Å². The van der Waals surface area contributed by atoms with E-state index in [-0.39, 0.29) is 11.9 Å². The monoisotopic (exact) mass is 263 g/mol. The van der Waals surface area contributed by atoms with Gasteiger partial charge in [-0.25, -0.2) is 0 Å². The normalized spacial score (nSPS) is 12.4. The van der Waals surface area contributed by atoms with Gasteiger partial charge in [-0.15, -0.1) is 11.3 Å². The van der Waals surface area contributed by atoms with Gasteiger partial charge in [-0.1, -0.05) is 0 Å². The molecule has 18 heavy (non-hydrogen) atoms. The number of thiophene rings is 1. The lowest BCUT2D eigenvalue weighted by atomic mass is 10.1. The fourth-order valence-electron chi connectivity index (χ4n) is 1.96. The van der Waals surface area contributed by atoms with E-state index in [1.54, 1.807) is 17.4 Å². The third kappa shape index (κ3) is 2.61. The van der Waals surface area contributed by atoms with E-state index in [0.29, 0.717) is 5.69 Å². The molecule has 0 aliphatic carbocycles. The summed E-state index contributed by atoms with van der Waals surface area (Å²) in [6.07, 6.45) is 0. The van der Waals surface area contributed by atoms with Gasteiger partial charge in [0.15, 0.2) is 0 Å². The van der Waals surface area contributed by atoms with Gasteiger partial charge in [0.2, 0.25) is 0 Å². The highest BCUT2D eigenvalue weighted by Crippen LogP contribution is 2.26. The van der Waals surface area contributed by atoms with Crippen LogP contribution in [-0.4, -0.2) is 16.1 Å². The number of nitrogens with zero attached hydrogens (tertiary/aromatic N) is 1. The van der Waals surface area contributed by atoms with Crippen LogP contribution in [0.5, 0.6) is 0 Å². The Morgan fingerprint density at radius 1 is 1.39 bits per heavy atom. The van der Waals surface area contributed by atoms with Crippen LogP contribution in [0.1, 0.15) is 44.5 Å². The lowest BCUT2D eigenvalue weighted by Crippen LogP contribution is -2.27. The Labute approximate surface area is 110 Å². The maximum absolute atomic E-state index is 12.0. The van der Waals surface area contributed by atoms with Crippen molar-refractivity contribution in [3.63, 3.8) is 0 Å². The van der Waals surface area contributed by atoms with Gasteiger partial charge in [-0.3, -0.25) is 9.89 Å². The average molecular weight is 263 g/mol. The van der Waals surface area contributed by atoms with Crippen molar-refractivity contribution in [3.05, 3.63) is 38.8 Å². The molecule has 0 saturated heterocycles. The molecule has 96 valence electrons. The van der Waals surface area contributed by atoms with E-state index in [4.69, 9.17) is 0 Å². The third-order valence-electron chi connectivity index (χ3n) is 2.83. The van der Waals surface area contributed by atoms with Crippen LogP contribution in [-0.2, 0) is 0 Å². The Morgan fingerprint density at radius 2 is 2.11 bits per heavy atom. The Balaban J connectivity index is 2.10. The Morgan fingerprint density at radius 3 is 2.61 bits per heavy atom. The van der Waals surface area contributed by atoms with Gasteiger partial charge in [-0.05, 0) is 45.4 Å². The van der Waals surface area contributed by atoms with Crippen molar-refractivity contribution in [3.8, 4) is 0 Å². The number of nitrogens with one attached hydrogen (secondary N) is 2. The van der Waals surface area contributed by atoms with Gasteiger partial charge < -0.3 is 5.32 Å². The highest BCUT2D eigenvalue weighted by Gasteiger charge is 2.16. The average Bonchev–Trinajstić information content (AvgIpc) is 2.84. The fourth-order valence-corrected chi connectivity index (χ4v) is 2.99. The van der Waals surface area contributed by atoms with Crippen molar-refractivity contribution >= 4 is 17.2 Å². The van der Waals surface area contributed by atoms with Crippen LogP contribution in [0.4, 0.5) is 0 Å². The molecule has 0 saturated carbocycles. The Kier molecular flexibility index (Phi) is 3.52. The third-order valence-corrected chi connectivity index (χ3v) is 3.81. The number of H-pyrrole nitrogens is 1. The number of hydrogen-bond acceptors (Lipinski definition) is 3. The van der Waals surface area contributed by atoms with E-state index < -0.39 is 0 Å². The van der Waals surface area contributed by atoms with Gasteiger partial charge in [0.05, 0.1) is 6.04 Å². The van der Waals surface area contributed by atoms with Crippen LogP contribution >= 0.6 is 11.3 Å². The molecule has 4 nitrogen and oxygen atoms in total. The molecule has 5 heteroatoms. The second-order valence-corrected chi connectivity index (χ2v) is 5.96. The second kappa shape index (κ2) is 4.94. The number of amides is 1. The van der Waals surface area contributed by atoms with Gasteiger partial charge >= 0.3 is 0 Å². The summed E-state index contributed by atoms with van der Waals surface area (Å²) < 4.78 is 0. The van der Waals surface area contributed by atoms with Crippen LogP contribution in [0.25, 0.3) is 0 Å². The number of carbonyl (C=O) groups is 1. The van der Waals surface area contributed by atoms with Crippen LogP contribution in [0, 0.1) is 20.8 Å². The topological polar surface area (TPSA) is 57.8 Å². The molecular weight excluding hydrogens is 246 g/mol. The van der Waals surface area contributed by atoms with E-state index in [9.17, 15) is 4.79 Å². The zero-order chi connectivity index (χ0) is 13.3. The van der Waals surface area contributed by atoms with E-state index in [0.717, 1.165) is 5.69 Å². The molecule has 1 amide bonds. The predicted molar refractivity (Wildman–Crippen MR) is 73.0 cm³/mol. The van der Waals surface area contributed by atoms with Crippen molar-refractivity contribution in [2.45, 2.75) is 33.7 Å². The fraction of sp³-hybridized carbons (Fsp3) is 0.385. The molecular formula is C13H17N3OS. The maximum Gasteiger partial charge on any atom is 0.272 e. The zero-order valence-corrected chi connectivity index (χ0v) is 11.8. The summed E-state index contributed by atoms with van der Waals surface area (Å²) in [7, 11) is 0. The molecule has 2 rings (SSSR count). The van der Waals surface area contributed by atoms with Gasteiger partial charge in [0.25, 0.3) is 5.91 Å². The van der Waals surface area contributed by atoms with E-state index in [1.807, 2.05) is 13.8 Å². The minimum Gasteiger partial charge on any atom is -0.344 e. The molecule has 0 spiro atoms. The first kappa shape index (κ1) is 12.8. The molecule has 2 aromatic rings. The molecule has 1 atom stereocenters. The second-order valence-electron chi connectivity index (χ2n) is 4.50. The highest BCUT2D eigenvalue weighted by atomic mass is 32.1.